The van der Waals surface area contributed by atoms with E-state index >= 15 is 0 Å². The lowest BCUT2D eigenvalue weighted by molar-refractivity contribution is -0.141. The van der Waals surface area contributed by atoms with Gasteiger partial charge in [-0.25, -0.2) is 0 Å². The molecule has 3 N–H and O–H groups in total. The average Bonchev–Trinajstić information content (AvgIpc) is 2.47. The minimum atomic E-state index is -1.03. The van der Waals surface area contributed by atoms with Gasteiger partial charge in [-0.05, 0) is 45.9 Å². The van der Waals surface area contributed by atoms with Crippen molar-refractivity contribution in [1.29, 1.82) is 0 Å². The van der Waals surface area contributed by atoms with Gasteiger partial charge >= 0.3 is 5.97 Å². The molecule has 0 aliphatic carbocycles. The number of anilines is 1. The number of hydrogen-bond acceptors (Lipinski definition) is 4. The Morgan fingerprint density at radius 1 is 1.22 bits per heavy atom. The monoisotopic (exact) mass is 322 g/mol. The molecule has 0 fully saturated rings. The molecule has 0 saturated heterocycles. The Balaban J connectivity index is 2.37. The lowest BCUT2D eigenvalue weighted by Gasteiger charge is -2.15. The number of carbonyl (C=O) groups excluding carboxylic acids is 1. The maximum atomic E-state index is 12.0. The number of aliphatic carboxylic acids is 1. The largest absolute Gasteiger partial charge is 0.480 e. The molecule has 6 heteroatoms. The number of carboxylic acids is 1. The summed E-state index contributed by atoms with van der Waals surface area (Å²) in [5.74, 6) is -1.36. The molecule has 1 aromatic carbocycles. The van der Waals surface area contributed by atoms with Crippen LogP contribution < -0.4 is 10.6 Å². The third-order valence-corrected chi connectivity index (χ3v) is 3.19. The van der Waals surface area contributed by atoms with E-state index < -0.39 is 12.0 Å². The fraction of sp³-hybridized carbons (Fsp3) is 0.529. The van der Waals surface area contributed by atoms with Gasteiger partial charge in [-0.1, -0.05) is 17.7 Å². The minimum Gasteiger partial charge on any atom is -0.480 e. The quantitative estimate of drug-likeness (QED) is 0.575. The molecule has 0 bridgehead atoms. The summed E-state index contributed by atoms with van der Waals surface area (Å²) in [6, 6.07) is 6.45. The van der Waals surface area contributed by atoms with Crippen LogP contribution in [0.5, 0.6) is 0 Å². The fourth-order valence-electron chi connectivity index (χ4n) is 1.95. The van der Waals surface area contributed by atoms with Gasteiger partial charge in [0, 0.05) is 12.3 Å². The number of benzene rings is 1. The zero-order valence-electron chi connectivity index (χ0n) is 14.0. The van der Waals surface area contributed by atoms with E-state index in [4.69, 9.17) is 4.74 Å². The molecule has 0 aliphatic rings. The number of rotatable bonds is 10. The SMILES string of the molecule is Cc1ccc(NC(=O)CC(NCCCOC(C)C)C(=O)O)cc1. The second kappa shape index (κ2) is 9.97. The van der Waals surface area contributed by atoms with Crippen molar-refractivity contribution in [3.05, 3.63) is 29.8 Å². The number of ether oxygens (including phenoxy) is 1. The number of carbonyl (C=O) groups is 2. The maximum Gasteiger partial charge on any atom is 0.321 e. The number of carboxylic acid groups (broad SMARTS) is 1. The number of aryl methyl sites for hydroxylation is 1. The van der Waals surface area contributed by atoms with Gasteiger partial charge in [0.05, 0.1) is 12.5 Å². The third kappa shape index (κ3) is 8.32. The van der Waals surface area contributed by atoms with Gasteiger partial charge in [0.2, 0.25) is 5.91 Å². The normalized spacial score (nSPS) is 12.2. The van der Waals surface area contributed by atoms with Crippen LogP contribution in [-0.2, 0) is 14.3 Å². The Labute approximate surface area is 137 Å². The summed E-state index contributed by atoms with van der Waals surface area (Å²) in [6.07, 6.45) is 0.737. The van der Waals surface area contributed by atoms with Gasteiger partial charge in [-0.15, -0.1) is 0 Å². The predicted octanol–water partition coefficient (Wildman–Crippen LogP) is 2.18. The Kier molecular flexibility index (Phi) is 8.29. The van der Waals surface area contributed by atoms with Crippen LogP contribution in [0.25, 0.3) is 0 Å². The number of amides is 1. The maximum absolute atomic E-state index is 12.0. The van der Waals surface area contributed by atoms with Crippen LogP contribution in [0.15, 0.2) is 24.3 Å². The van der Waals surface area contributed by atoms with Crippen molar-refractivity contribution in [1.82, 2.24) is 5.32 Å². The van der Waals surface area contributed by atoms with Crippen LogP contribution in [0.3, 0.4) is 0 Å². The predicted molar refractivity (Wildman–Crippen MR) is 89.6 cm³/mol. The smallest absolute Gasteiger partial charge is 0.321 e. The van der Waals surface area contributed by atoms with Crippen LogP contribution in [0, 0.1) is 6.92 Å². The Morgan fingerprint density at radius 3 is 2.43 bits per heavy atom. The summed E-state index contributed by atoms with van der Waals surface area (Å²) in [6.45, 7) is 6.90. The summed E-state index contributed by atoms with van der Waals surface area (Å²) in [5, 5.41) is 14.8. The van der Waals surface area contributed by atoms with E-state index in [1.165, 1.54) is 0 Å². The molecule has 6 nitrogen and oxygen atoms in total. The lowest BCUT2D eigenvalue weighted by Crippen LogP contribution is -2.40. The molecule has 0 radical (unpaired) electrons. The first kappa shape index (κ1) is 19.1. The van der Waals surface area contributed by atoms with E-state index in [0.717, 1.165) is 5.56 Å². The molecule has 128 valence electrons. The first-order valence-electron chi connectivity index (χ1n) is 7.83. The van der Waals surface area contributed by atoms with Gasteiger partial charge in [-0.3, -0.25) is 9.59 Å². The molecular formula is C17H26N2O4. The molecule has 0 aromatic heterocycles. The van der Waals surface area contributed by atoms with Crippen molar-refractivity contribution in [2.75, 3.05) is 18.5 Å². The van der Waals surface area contributed by atoms with E-state index in [1.54, 1.807) is 12.1 Å². The van der Waals surface area contributed by atoms with Crippen molar-refractivity contribution in [3.8, 4) is 0 Å². The van der Waals surface area contributed by atoms with Crippen molar-refractivity contribution in [2.45, 2.75) is 45.8 Å². The summed E-state index contributed by atoms with van der Waals surface area (Å²) in [4.78, 5) is 23.2. The van der Waals surface area contributed by atoms with Crippen LogP contribution in [0.4, 0.5) is 5.69 Å². The van der Waals surface area contributed by atoms with Crippen molar-refractivity contribution >= 4 is 17.6 Å². The van der Waals surface area contributed by atoms with Crippen LogP contribution in [-0.4, -0.2) is 42.3 Å². The second-order valence-corrected chi connectivity index (χ2v) is 5.74. The molecular weight excluding hydrogens is 296 g/mol. The summed E-state index contributed by atoms with van der Waals surface area (Å²) < 4.78 is 5.39. The average molecular weight is 322 g/mol. The molecule has 1 rings (SSSR count). The zero-order valence-corrected chi connectivity index (χ0v) is 14.0. The van der Waals surface area contributed by atoms with Gasteiger partial charge in [-0.2, -0.15) is 0 Å². The molecule has 1 aromatic rings. The van der Waals surface area contributed by atoms with Gasteiger partial charge < -0.3 is 20.5 Å². The molecule has 0 saturated carbocycles. The standard InChI is InChI=1S/C17H26N2O4/c1-12(2)23-10-4-9-18-15(17(21)22)11-16(20)19-14-7-5-13(3)6-8-14/h5-8,12,15,18H,4,9-11H2,1-3H3,(H,19,20)(H,21,22). The number of hydrogen-bond donors (Lipinski definition) is 3. The fourth-order valence-corrected chi connectivity index (χ4v) is 1.95. The highest BCUT2D eigenvalue weighted by molar-refractivity contribution is 5.94. The molecule has 23 heavy (non-hydrogen) atoms. The van der Waals surface area contributed by atoms with Crippen LogP contribution in [0.2, 0.25) is 0 Å². The Bertz CT molecular complexity index is 500. The van der Waals surface area contributed by atoms with Crippen LogP contribution in [0.1, 0.15) is 32.3 Å². The molecule has 1 amide bonds. The third-order valence-electron chi connectivity index (χ3n) is 3.19. The molecule has 1 atom stereocenters. The molecule has 0 heterocycles. The van der Waals surface area contributed by atoms with Crippen molar-refractivity contribution in [2.24, 2.45) is 0 Å². The van der Waals surface area contributed by atoms with Gasteiger partial charge in [0.1, 0.15) is 6.04 Å². The van der Waals surface area contributed by atoms with Crippen molar-refractivity contribution in [3.63, 3.8) is 0 Å². The zero-order chi connectivity index (χ0) is 17.2. The van der Waals surface area contributed by atoms with Gasteiger partial charge in [0.25, 0.3) is 0 Å². The first-order valence-corrected chi connectivity index (χ1v) is 7.83. The van der Waals surface area contributed by atoms with E-state index in [-0.39, 0.29) is 18.4 Å². The lowest BCUT2D eigenvalue weighted by atomic mass is 10.1. The summed E-state index contributed by atoms with van der Waals surface area (Å²) >= 11 is 0. The topological polar surface area (TPSA) is 87.7 Å². The minimum absolute atomic E-state index is 0.117. The highest BCUT2D eigenvalue weighted by Gasteiger charge is 2.20. The number of nitrogens with one attached hydrogen (secondary N) is 2. The highest BCUT2D eigenvalue weighted by Crippen LogP contribution is 2.09. The molecule has 1 unspecified atom stereocenters. The van der Waals surface area contributed by atoms with E-state index in [1.807, 2.05) is 32.9 Å². The Morgan fingerprint density at radius 2 is 1.87 bits per heavy atom. The highest BCUT2D eigenvalue weighted by atomic mass is 16.5. The first-order chi connectivity index (χ1) is 10.9. The van der Waals surface area contributed by atoms with E-state index in [9.17, 15) is 14.7 Å². The molecule has 0 spiro atoms. The van der Waals surface area contributed by atoms with E-state index in [2.05, 4.69) is 10.6 Å². The second-order valence-electron chi connectivity index (χ2n) is 5.74. The van der Waals surface area contributed by atoms with Crippen LogP contribution >= 0.6 is 0 Å². The molecule has 0 aliphatic heterocycles. The van der Waals surface area contributed by atoms with E-state index in [0.29, 0.717) is 25.3 Å². The summed E-state index contributed by atoms with van der Waals surface area (Å²) in [7, 11) is 0. The van der Waals surface area contributed by atoms with Gasteiger partial charge in [0.15, 0.2) is 0 Å². The summed E-state index contributed by atoms with van der Waals surface area (Å²) in [5.41, 5.74) is 1.76. The van der Waals surface area contributed by atoms with Crippen molar-refractivity contribution < 1.29 is 19.4 Å². The Hall–Kier alpha value is -1.92.